The van der Waals surface area contributed by atoms with E-state index in [4.69, 9.17) is 28.5 Å². The van der Waals surface area contributed by atoms with Gasteiger partial charge in [0.25, 0.3) is 0 Å². The summed E-state index contributed by atoms with van der Waals surface area (Å²) in [4.78, 5) is 22.7. The number of Topliss-reactive ketones (excluding diaryl/α,β-unsaturated/α-hetero) is 2. The molecule has 0 saturated heterocycles. The maximum absolute atomic E-state index is 11.7. The van der Waals surface area contributed by atoms with E-state index in [1.807, 2.05) is 0 Å². The summed E-state index contributed by atoms with van der Waals surface area (Å²) in [5, 5.41) is 9.53. The lowest BCUT2D eigenvalue weighted by Gasteiger charge is -2.06. The summed E-state index contributed by atoms with van der Waals surface area (Å²) in [6, 6.07) is 6.41. The molecule has 0 saturated carbocycles. The molecule has 0 radical (unpaired) electrons. The second-order valence-corrected chi connectivity index (χ2v) is 4.40. The molecule has 0 aliphatic carbocycles. The van der Waals surface area contributed by atoms with Crippen molar-refractivity contribution in [3.05, 3.63) is 33.8 Å². The molecule has 1 rings (SSSR count). The zero-order chi connectivity index (χ0) is 13.0. The Morgan fingerprint density at radius 2 is 2.06 bits per heavy atom. The van der Waals surface area contributed by atoms with Gasteiger partial charge in [-0.2, -0.15) is 5.26 Å². The van der Waals surface area contributed by atoms with Gasteiger partial charge < -0.3 is 0 Å². The molecule has 0 aliphatic heterocycles. The van der Waals surface area contributed by atoms with Crippen molar-refractivity contribution in [3.63, 3.8) is 0 Å². The van der Waals surface area contributed by atoms with Crippen molar-refractivity contribution >= 4 is 34.8 Å². The van der Waals surface area contributed by atoms with Crippen LogP contribution in [-0.2, 0) is 16.0 Å². The number of nitrogens with zero attached hydrogens (tertiary/aromatic N) is 1. The van der Waals surface area contributed by atoms with E-state index in [1.165, 1.54) is 13.0 Å². The zero-order valence-electron chi connectivity index (χ0n) is 9.04. The molecular weight excluding hydrogens is 261 g/mol. The maximum Gasteiger partial charge on any atom is 0.163 e. The Bertz CT molecular complexity index is 506. The highest BCUT2D eigenvalue weighted by Gasteiger charge is 2.23. The van der Waals surface area contributed by atoms with Crippen LogP contribution in [0, 0.1) is 17.2 Å². The number of benzene rings is 1. The van der Waals surface area contributed by atoms with Gasteiger partial charge in [0, 0.05) is 16.5 Å². The van der Waals surface area contributed by atoms with E-state index in [-0.39, 0.29) is 6.42 Å². The first kappa shape index (κ1) is 13.7. The second-order valence-electron chi connectivity index (χ2n) is 3.55. The molecule has 0 heterocycles. The molecule has 0 aromatic heterocycles. The Kier molecular flexibility index (Phi) is 4.68. The minimum absolute atomic E-state index is 0.0478. The first-order valence-corrected chi connectivity index (χ1v) is 5.58. The molecule has 0 aliphatic rings. The van der Waals surface area contributed by atoms with Crippen molar-refractivity contribution in [2.45, 2.75) is 13.3 Å². The number of carbonyl (C=O) groups excluding carboxylic acids is 2. The quantitative estimate of drug-likeness (QED) is 0.790. The highest BCUT2D eigenvalue weighted by atomic mass is 35.5. The molecule has 1 unspecified atom stereocenters. The van der Waals surface area contributed by atoms with E-state index >= 15 is 0 Å². The lowest BCUT2D eigenvalue weighted by molar-refractivity contribution is -0.128. The summed E-state index contributed by atoms with van der Waals surface area (Å²) in [6.45, 7) is 1.22. The number of rotatable bonds is 4. The average molecular weight is 270 g/mol. The maximum atomic E-state index is 11.7. The number of nitriles is 1. The van der Waals surface area contributed by atoms with Gasteiger partial charge in [0.1, 0.15) is 0 Å². The standard InChI is InChI=1S/C12H9Cl2NO2/c1-7(16)10(6-15)12(17)4-8-2-3-9(13)5-11(8)14/h2-3,5,10H,4H2,1H3. The van der Waals surface area contributed by atoms with Crippen molar-refractivity contribution in [1.82, 2.24) is 0 Å². The molecule has 0 bridgehead atoms. The Hall–Kier alpha value is -1.37. The molecule has 0 amide bonds. The number of carbonyl (C=O) groups is 2. The van der Waals surface area contributed by atoms with Crippen LogP contribution in [0.15, 0.2) is 18.2 Å². The fraction of sp³-hybridized carbons (Fsp3) is 0.250. The van der Waals surface area contributed by atoms with E-state index in [0.29, 0.717) is 15.6 Å². The van der Waals surface area contributed by atoms with Gasteiger partial charge in [0.2, 0.25) is 0 Å². The second kappa shape index (κ2) is 5.81. The predicted octanol–water partition coefficient (Wildman–Crippen LogP) is 2.83. The predicted molar refractivity (Wildman–Crippen MR) is 65.0 cm³/mol. The molecule has 0 fully saturated rings. The van der Waals surface area contributed by atoms with Gasteiger partial charge in [-0.15, -0.1) is 0 Å². The van der Waals surface area contributed by atoms with Gasteiger partial charge in [0.15, 0.2) is 17.5 Å². The van der Waals surface area contributed by atoms with Crippen molar-refractivity contribution in [2.24, 2.45) is 5.92 Å². The van der Waals surface area contributed by atoms with Crippen LogP contribution in [0.4, 0.5) is 0 Å². The Morgan fingerprint density at radius 1 is 1.41 bits per heavy atom. The fourth-order valence-corrected chi connectivity index (χ4v) is 1.82. The third-order valence-electron chi connectivity index (χ3n) is 2.24. The highest BCUT2D eigenvalue weighted by molar-refractivity contribution is 6.35. The third kappa shape index (κ3) is 3.55. The normalized spacial score (nSPS) is 11.6. The van der Waals surface area contributed by atoms with E-state index in [2.05, 4.69) is 0 Å². The lowest BCUT2D eigenvalue weighted by atomic mass is 9.96. The highest BCUT2D eigenvalue weighted by Crippen LogP contribution is 2.22. The van der Waals surface area contributed by atoms with Crippen molar-refractivity contribution in [2.75, 3.05) is 0 Å². The van der Waals surface area contributed by atoms with Crippen LogP contribution < -0.4 is 0 Å². The summed E-state index contributed by atoms with van der Waals surface area (Å²) in [6.07, 6.45) is -0.0478. The number of halogens is 2. The van der Waals surface area contributed by atoms with Gasteiger partial charge >= 0.3 is 0 Å². The summed E-state index contributed by atoms with van der Waals surface area (Å²) >= 11 is 11.6. The van der Waals surface area contributed by atoms with Crippen LogP contribution in [0.5, 0.6) is 0 Å². The number of hydrogen-bond donors (Lipinski definition) is 0. The monoisotopic (exact) mass is 269 g/mol. The average Bonchev–Trinajstić information content (AvgIpc) is 2.22. The van der Waals surface area contributed by atoms with Crippen LogP contribution in [0.1, 0.15) is 12.5 Å². The van der Waals surface area contributed by atoms with Crippen molar-refractivity contribution < 1.29 is 9.59 Å². The molecule has 0 N–H and O–H groups in total. The smallest absolute Gasteiger partial charge is 0.163 e. The number of ketones is 2. The molecule has 88 valence electrons. The molecule has 0 spiro atoms. The molecule has 1 atom stereocenters. The van der Waals surface area contributed by atoms with Crippen molar-refractivity contribution in [1.29, 1.82) is 5.26 Å². The van der Waals surface area contributed by atoms with E-state index < -0.39 is 17.5 Å². The lowest BCUT2D eigenvalue weighted by Crippen LogP contribution is -2.22. The molecule has 17 heavy (non-hydrogen) atoms. The van der Waals surface area contributed by atoms with Crippen LogP contribution in [0.25, 0.3) is 0 Å². The molecule has 1 aromatic carbocycles. The first-order chi connectivity index (χ1) is 7.95. The minimum atomic E-state index is -1.22. The molecular formula is C12H9Cl2NO2. The van der Waals surface area contributed by atoms with E-state index in [9.17, 15) is 9.59 Å². The third-order valence-corrected chi connectivity index (χ3v) is 2.82. The van der Waals surface area contributed by atoms with E-state index in [0.717, 1.165) is 0 Å². The molecule has 1 aromatic rings. The minimum Gasteiger partial charge on any atom is -0.298 e. The van der Waals surface area contributed by atoms with E-state index in [1.54, 1.807) is 18.2 Å². The summed E-state index contributed by atoms with van der Waals surface area (Å²) in [5.41, 5.74) is 0.558. The Balaban J connectivity index is 2.88. The van der Waals surface area contributed by atoms with Gasteiger partial charge in [-0.1, -0.05) is 29.3 Å². The van der Waals surface area contributed by atoms with Crippen LogP contribution in [-0.4, -0.2) is 11.6 Å². The first-order valence-electron chi connectivity index (χ1n) is 4.82. The van der Waals surface area contributed by atoms with Crippen molar-refractivity contribution in [3.8, 4) is 6.07 Å². The number of hydrogen-bond acceptors (Lipinski definition) is 3. The van der Waals surface area contributed by atoms with Crippen LogP contribution in [0.3, 0.4) is 0 Å². The zero-order valence-corrected chi connectivity index (χ0v) is 10.5. The van der Waals surface area contributed by atoms with Crippen LogP contribution >= 0.6 is 23.2 Å². The van der Waals surface area contributed by atoms with Gasteiger partial charge in [-0.3, -0.25) is 9.59 Å². The Labute approximate surface area is 109 Å². The topological polar surface area (TPSA) is 57.9 Å². The summed E-state index contributed by atoms with van der Waals surface area (Å²) < 4.78 is 0. The molecule has 3 nitrogen and oxygen atoms in total. The van der Waals surface area contributed by atoms with Gasteiger partial charge in [-0.25, -0.2) is 0 Å². The fourth-order valence-electron chi connectivity index (χ4n) is 1.34. The van der Waals surface area contributed by atoms with Gasteiger partial charge in [-0.05, 0) is 24.6 Å². The Morgan fingerprint density at radius 3 is 2.53 bits per heavy atom. The van der Waals surface area contributed by atoms with Crippen LogP contribution in [0.2, 0.25) is 10.0 Å². The largest absolute Gasteiger partial charge is 0.298 e. The SMILES string of the molecule is CC(=O)C(C#N)C(=O)Cc1ccc(Cl)cc1Cl. The summed E-state index contributed by atoms with van der Waals surface area (Å²) in [7, 11) is 0. The van der Waals surface area contributed by atoms with Gasteiger partial charge in [0.05, 0.1) is 6.07 Å². The molecule has 5 heteroatoms. The summed E-state index contributed by atoms with van der Waals surface area (Å²) in [5.74, 6) is -2.13.